The van der Waals surface area contributed by atoms with Gasteiger partial charge in [-0.05, 0) is 31.2 Å². The van der Waals surface area contributed by atoms with Gasteiger partial charge >= 0.3 is 5.97 Å². The molecule has 0 amide bonds. The number of quaternary nitrogens is 1. The number of hydrogen-bond donors (Lipinski definition) is 1. The van der Waals surface area contributed by atoms with Crippen molar-refractivity contribution in [2.24, 2.45) is 0 Å². The summed E-state index contributed by atoms with van der Waals surface area (Å²) < 4.78 is 31.9. The second kappa shape index (κ2) is 8.21. The van der Waals surface area contributed by atoms with Crippen LogP contribution in [-0.2, 0) is 21.3 Å². The molecule has 144 valence electrons. The number of carbonyl (C=O) groups is 1. The molecular formula is C20H25N2O4S+. The largest absolute Gasteiger partial charge is 0.465 e. The molecule has 1 fully saturated rings. The number of ether oxygens (including phenoxy) is 1. The Balaban J connectivity index is 1.62. The van der Waals surface area contributed by atoms with Gasteiger partial charge in [-0.3, -0.25) is 0 Å². The molecule has 7 heteroatoms. The monoisotopic (exact) mass is 389 g/mol. The third-order valence-electron chi connectivity index (χ3n) is 4.89. The first-order chi connectivity index (χ1) is 12.9. The van der Waals surface area contributed by atoms with E-state index in [1.807, 2.05) is 37.3 Å². The van der Waals surface area contributed by atoms with E-state index in [1.165, 1.54) is 12.0 Å². The first kappa shape index (κ1) is 19.5. The predicted octanol–water partition coefficient (Wildman–Crippen LogP) is 0.871. The van der Waals surface area contributed by atoms with Crippen molar-refractivity contribution < 1.29 is 22.8 Å². The lowest BCUT2D eigenvalue weighted by molar-refractivity contribution is -0.917. The fourth-order valence-corrected chi connectivity index (χ4v) is 4.74. The second-order valence-electron chi connectivity index (χ2n) is 6.84. The molecule has 3 rings (SSSR count). The third kappa shape index (κ3) is 4.55. The van der Waals surface area contributed by atoms with Crippen molar-refractivity contribution >= 4 is 16.0 Å². The number of hydrogen-bond acceptors (Lipinski definition) is 4. The Morgan fingerprint density at radius 2 is 1.78 bits per heavy atom. The molecule has 0 aromatic heterocycles. The van der Waals surface area contributed by atoms with Crippen LogP contribution in [0.3, 0.4) is 0 Å². The molecular weight excluding hydrogens is 364 g/mol. The number of piperazine rings is 1. The SMILES string of the molecule is COC(=O)c1cccc(C[NH+]2CCN(S(=O)(=O)c3ccc(C)cc3)CC2)c1. The first-order valence-electron chi connectivity index (χ1n) is 8.98. The summed E-state index contributed by atoms with van der Waals surface area (Å²) in [6.45, 7) is 5.13. The molecule has 0 aliphatic carbocycles. The summed E-state index contributed by atoms with van der Waals surface area (Å²) in [4.78, 5) is 13.3. The summed E-state index contributed by atoms with van der Waals surface area (Å²) >= 11 is 0. The summed E-state index contributed by atoms with van der Waals surface area (Å²) in [6, 6.07) is 14.4. The summed E-state index contributed by atoms with van der Waals surface area (Å²) in [5.74, 6) is -0.346. The minimum Gasteiger partial charge on any atom is -0.465 e. The van der Waals surface area contributed by atoms with Gasteiger partial charge in [-0.1, -0.05) is 29.8 Å². The lowest BCUT2D eigenvalue weighted by atomic mass is 10.1. The summed E-state index contributed by atoms with van der Waals surface area (Å²) in [7, 11) is -2.07. The highest BCUT2D eigenvalue weighted by Gasteiger charge is 2.30. The fourth-order valence-electron chi connectivity index (χ4n) is 3.29. The standard InChI is InChI=1S/C20H24N2O4S/c1-16-6-8-19(9-7-16)27(24,25)22-12-10-21(11-13-22)15-17-4-3-5-18(14-17)20(23)26-2/h3-9,14H,10-13,15H2,1-2H3/p+1. The molecule has 2 aromatic carbocycles. The minimum absolute atomic E-state index is 0.346. The highest BCUT2D eigenvalue weighted by atomic mass is 32.2. The normalized spacial score (nSPS) is 16.2. The molecule has 27 heavy (non-hydrogen) atoms. The minimum atomic E-state index is -3.44. The van der Waals surface area contributed by atoms with E-state index in [0.29, 0.717) is 23.5 Å². The van der Waals surface area contributed by atoms with Crippen LogP contribution in [0.15, 0.2) is 53.4 Å². The van der Waals surface area contributed by atoms with E-state index in [2.05, 4.69) is 0 Å². The number of carbonyl (C=O) groups excluding carboxylic acids is 1. The average molecular weight is 389 g/mol. The van der Waals surface area contributed by atoms with Gasteiger partial charge in [0.25, 0.3) is 0 Å². The van der Waals surface area contributed by atoms with Crippen molar-refractivity contribution in [3.63, 3.8) is 0 Å². The Bertz CT molecular complexity index is 902. The van der Waals surface area contributed by atoms with Gasteiger partial charge in [0, 0.05) is 5.56 Å². The number of sulfonamides is 1. The lowest BCUT2D eigenvalue weighted by Crippen LogP contribution is -3.13. The molecule has 1 aliphatic heterocycles. The number of esters is 1. The molecule has 1 aliphatic rings. The number of nitrogens with zero attached hydrogens (tertiary/aromatic N) is 1. The maximum absolute atomic E-state index is 12.8. The van der Waals surface area contributed by atoms with Crippen LogP contribution >= 0.6 is 0 Å². The van der Waals surface area contributed by atoms with E-state index in [4.69, 9.17) is 4.74 Å². The second-order valence-corrected chi connectivity index (χ2v) is 8.77. The Hall–Kier alpha value is -2.22. The third-order valence-corrected chi connectivity index (χ3v) is 6.80. The van der Waals surface area contributed by atoms with Crippen LogP contribution in [0.25, 0.3) is 0 Å². The predicted molar refractivity (Wildman–Crippen MR) is 102 cm³/mol. The Kier molecular flexibility index (Phi) is 5.94. The van der Waals surface area contributed by atoms with Gasteiger partial charge in [-0.15, -0.1) is 0 Å². The summed E-state index contributed by atoms with van der Waals surface area (Å²) in [5, 5.41) is 0. The Morgan fingerprint density at radius 1 is 1.11 bits per heavy atom. The number of rotatable bonds is 5. The Labute approximate surface area is 160 Å². The quantitative estimate of drug-likeness (QED) is 0.771. The molecule has 1 N–H and O–H groups in total. The summed E-state index contributed by atoms with van der Waals surface area (Å²) in [5.41, 5.74) is 2.62. The van der Waals surface area contributed by atoms with Crippen LogP contribution in [0.5, 0.6) is 0 Å². The van der Waals surface area contributed by atoms with Crippen LogP contribution in [-0.4, -0.2) is 52.0 Å². The van der Waals surface area contributed by atoms with Crippen molar-refractivity contribution in [3.05, 3.63) is 65.2 Å². The van der Waals surface area contributed by atoms with Crippen LogP contribution in [0.1, 0.15) is 21.5 Å². The summed E-state index contributed by atoms with van der Waals surface area (Å²) in [6.07, 6.45) is 0. The topological polar surface area (TPSA) is 68.1 Å². The van der Waals surface area contributed by atoms with Gasteiger partial charge in [0.1, 0.15) is 6.54 Å². The van der Waals surface area contributed by atoms with Crippen LogP contribution in [0.2, 0.25) is 0 Å². The molecule has 2 aromatic rings. The molecule has 1 saturated heterocycles. The van der Waals surface area contributed by atoms with Crippen molar-refractivity contribution in [2.45, 2.75) is 18.4 Å². The molecule has 0 spiro atoms. The smallest absolute Gasteiger partial charge is 0.337 e. The highest BCUT2D eigenvalue weighted by molar-refractivity contribution is 7.89. The molecule has 1 heterocycles. The number of nitrogens with one attached hydrogen (secondary N) is 1. The molecule has 0 bridgehead atoms. The van der Waals surface area contributed by atoms with E-state index in [1.54, 1.807) is 22.5 Å². The zero-order valence-electron chi connectivity index (χ0n) is 15.6. The molecule has 0 saturated carbocycles. The van der Waals surface area contributed by atoms with Gasteiger partial charge in [-0.2, -0.15) is 4.31 Å². The van der Waals surface area contributed by atoms with E-state index >= 15 is 0 Å². The van der Waals surface area contributed by atoms with E-state index in [-0.39, 0.29) is 5.97 Å². The maximum Gasteiger partial charge on any atom is 0.337 e. The first-order valence-corrected chi connectivity index (χ1v) is 10.4. The fraction of sp³-hybridized carbons (Fsp3) is 0.350. The molecule has 0 radical (unpaired) electrons. The van der Waals surface area contributed by atoms with E-state index in [0.717, 1.165) is 30.8 Å². The van der Waals surface area contributed by atoms with Crippen molar-refractivity contribution in [1.82, 2.24) is 4.31 Å². The number of methoxy groups -OCH3 is 1. The van der Waals surface area contributed by atoms with Crippen LogP contribution < -0.4 is 4.90 Å². The van der Waals surface area contributed by atoms with Gasteiger partial charge in [-0.25, -0.2) is 13.2 Å². The zero-order chi connectivity index (χ0) is 19.4. The van der Waals surface area contributed by atoms with Gasteiger partial charge < -0.3 is 9.64 Å². The van der Waals surface area contributed by atoms with E-state index in [9.17, 15) is 13.2 Å². The maximum atomic E-state index is 12.8. The Morgan fingerprint density at radius 3 is 2.41 bits per heavy atom. The van der Waals surface area contributed by atoms with Crippen molar-refractivity contribution in [1.29, 1.82) is 0 Å². The lowest BCUT2D eigenvalue weighted by Gasteiger charge is -2.31. The van der Waals surface area contributed by atoms with Gasteiger partial charge in [0.2, 0.25) is 10.0 Å². The average Bonchev–Trinajstić information content (AvgIpc) is 2.68. The van der Waals surface area contributed by atoms with Gasteiger partial charge in [0.05, 0.1) is 43.7 Å². The molecule has 6 nitrogen and oxygen atoms in total. The van der Waals surface area contributed by atoms with Gasteiger partial charge in [0.15, 0.2) is 0 Å². The van der Waals surface area contributed by atoms with Crippen LogP contribution in [0.4, 0.5) is 0 Å². The molecule has 0 atom stereocenters. The highest BCUT2D eigenvalue weighted by Crippen LogP contribution is 2.16. The zero-order valence-corrected chi connectivity index (χ0v) is 16.5. The number of aryl methyl sites for hydroxylation is 1. The van der Waals surface area contributed by atoms with E-state index < -0.39 is 10.0 Å². The van der Waals surface area contributed by atoms with Crippen LogP contribution in [0, 0.1) is 6.92 Å². The van der Waals surface area contributed by atoms with Crippen molar-refractivity contribution in [2.75, 3.05) is 33.3 Å². The number of benzene rings is 2. The molecule has 0 unspecified atom stereocenters. The van der Waals surface area contributed by atoms with Crippen molar-refractivity contribution in [3.8, 4) is 0 Å².